The first-order chi connectivity index (χ1) is 8.67. The maximum Gasteiger partial charge on any atom is 0.340 e. The number of ether oxygens (including phenoxy) is 2. The van der Waals surface area contributed by atoms with Crippen LogP contribution in [0.2, 0.25) is 0 Å². The molecule has 1 atom stereocenters. The Morgan fingerprint density at radius 2 is 2.06 bits per heavy atom. The van der Waals surface area contributed by atoms with Crippen LogP contribution in [-0.2, 0) is 9.47 Å². The largest absolute Gasteiger partial charge is 0.432 e. The summed E-state index contributed by atoms with van der Waals surface area (Å²) in [5.74, 6) is -0.366. The molecule has 0 fully saturated rings. The first kappa shape index (κ1) is 14.5. The van der Waals surface area contributed by atoms with Crippen LogP contribution in [0.3, 0.4) is 0 Å². The number of esters is 1. The molecule has 98 valence electrons. The molecule has 0 saturated heterocycles. The van der Waals surface area contributed by atoms with Gasteiger partial charge in [0.05, 0.1) is 12.2 Å². The number of rotatable bonds is 7. The van der Waals surface area contributed by atoms with Crippen LogP contribution >= 0.6 is 0 Å². The number of carbonyl (C=O) groups is 1. The third kappa shape index (κ3) is 4.72. The fourth-order valence-corrected chi connectivity index (χ4v) is 1.40. The Hall–Kier alpha value is -1.61. The summed E-state index contributed by atoms with van der Waals surface area (Å²) in [6.07, 6.45) is 3.24. The second kappa shape index (κ2) is 7.67. The molecule has 0 heterocycles. The number of hydrogen-bond donors (Lipinski definition) is 0. The zero-order chi connectivity index (χ0) is 13.4. The third-order valence-electron chi connectivity index (χ3n) is 2.51. The molecule has 0 bridgehead atoms. The molecule has 0 radical (unpaired) electrons. The fraction of sp³-hybridized carbons (Fsp3) is 0.400. The van der Waals surface area contributed by atoms with E-state index >= 15 is 0 Å². The maximum atomic E-state index is 11.8. The van der Waals surface area contributed by atoms with E-state index in [1.54, 1.807) is 25.1 Å². The van der Waals surface area contributed by atoms with Crippen molar-refractivity contribution in [3.05, 3.63) is 42.0 Å². The molecule has 1 rings (SSSR count). The smallest absolute Gasteiger partial charge is 0.340 e. The molecule has 1 aromatic rings. The standard InChI is InChI=1S/C15H20O3/c1-4-6-11-17-12(3)18-15(16)14-9-7-13(5-2)8-10-14/h5,7-10,12H,2,4,6,11H2,1,3H3. The van der Waals surface area contributed by atoms with Crippen molar-refractivity contribution in [2.24, 2.45) is 0 Å². The van der Waals surface area contributed by atoms with Gasteiger partial charge in [-0.05, 0) is 31.0 Å². The minimum atomic E-state index is -0.511. The van der Waals surface area contributed by atoms with Crippen molar-refractivity contribution < 1.29 is 14.3 Å². The van der Waals surface area contributed by atoms with Crippen LogP contribution in [-0.4, -0.2) is 18.9 Å². The molecule has 1 aromatic carbocycles. The van der Waals surface area contributed by atoms with Crippen molar-refractivity contribution in [3.8, 4) is 0 Å². The van der Waals surface area contributed by atoms with Crippen LogP contribution in [0, 0.1) is 0 Å². The Labute approximate surface area is 108 Å². The van der Waals surface area contributed by atoms with E-state index in [0.717, 1.165) is 18.4 Å². The van der Waals surface area contributed by atoms with Crippen molar-refractivity contribution in [2.75, 3.05) is 6.61 Å². The van der Waals surface area contributed by atoms with Gasteiger partial charge in [-0.3, -0.25) is 0 Å². The summed E-state index contributed by atoms with van der Waals surface area (Å²) in [6, 6.07) is 7.09. The second-order valence-electron chi connectivity index (χ2n) is 4.02. The van der Waals surface area contributed by atoms with Crippen LogP contribution in [0.4, 0.5) is 0 Å². The monoisotopic (exact) mass is 248 g/mol. The summed E-state index contributed by atoms with van der Waals surface area (Å²) in [7, 11) is 0. The predicted molar refractivity (Wildman–Crippen MR) is 72.3 cm³/mol. The highest BCUT2D eigenvalue weighted by molar-refractivity contribution is 5.89. The Balaban J connectivity index is 2.45. The topological polar surface area (TPSA) is 35.5 Å². The SMILES string of the molecule is C=Cc1ccc(C(=O)OC(C)OCCCC)cc1. The molecular formula is C15H20O3. The van der Waals surface area contributed by atoms with E-state index in [9.17, 15) is 4.79 Å². The molecule has 1 unspecified atom stereocenters. The van der Waals surface area contributed by atoms with Gasteiger partial charge in [0.25, 0.3) is 0 Å². The molecule has 3 heteroatoms. The zero-order valence-corrected chi connectivity index (χ0v) is 11.0. The van der Waals surface area contributed by atoms with E-state index in [1.807, 2.05) is 12.1 Å². The van der Waals surface area contributed by atoms with E-state index in [2.05, 4.69) is 13.5 Å². The van der Waals surface area contributed by atoms with Gasteiger partial charge in [0.1, 0.15) is 0 Å². The molecule has 0 amide bonds. The van der Waals surface area contributed by atoms with E-state index in [-0.39, 0.29) is 5.97 Å². The minimum absolute atomic E-state index is 0.366. The summed E-state index contributed by atoms with van der Waals surface area (Å²) in [6.45, 7) is 8.08. The number of unbranched alkanes of at least 4 members (excludes halogenated alkanes) is 1. The van der Waals surface area contributed by atoms with Gasteiger partial charge in [-0.2, -0.15) is 0 Å². The highest BCUT2D eigenvalue weighted by Crippen LogP contribution is 2.08. The van der Waals surface area contributed by atoms with Crippen molar-refractivity contribution in [3.63, 3.8) is 0 Å². The average molecular weight is 248 g/mol. The van der Waals surface area contributed by atoms with Crippen LogP contribution in [0.1, 0.15) is 42.6 Å². The molecular weight excluding hydrogens is 228 g/mol. The van der Waals surface area contributed by atoms with Gasteiger partial charge in [0.2, 0.25) is 0 Å². The van der Waals surface area contributed by atoms with Gasteiger partial charge in [0.15, 0.2) is 6.29 Å². The van der Waals surface area contributed by atoms with Crippen molar-refractivity contribution >= 4 is 12.0 Å². The van der Waals surface area contributed by atoms with Crippen LogP contribution in [0.5, 0.6) is 0 Å². The first-order valence-electron chi connectivity index (χ1n) is 6.22. The van der Waals surface area contributed by atoms with Gasteiger partial charge < -0.3 is 9.47 Å². The quantitative estimate of drug-likeness (QED) is 0.420. The normalized spacial score (nSPS) is 11.9. The lowest BCUT2D eigenvalue weighted by Gasteiger charge is -2.13. The molecule has 0 aromatic heterocycles. The van der Waals surface area contributed by atoms with Crippen LogP contribution in [0.15, 0.2) is 30.8 Å². The predicted octanol–water partition coefficient (Wildman–Crippen LogP) is 3.65. The summed E-state index contributed by atoms with van der Waals surface area (Å²) >= 11 is 0. The molecule has 0 spiro atoms. The van der Waals surface area contributed by atoms with Crippen molar-refractivity contribution in [1.29, 1.82) is 0 Å². The second-order valence-corrected chi connectivity index (χ2v) is 4.02. The average Bonchev–Trinajstić information content (AvgIpc) is 2.39. The number of carbonyl (C=O) groups excluding carboxylic acids is 1. The number of hydrogen-bond acceptors (Lipinski definition) is 3. The van der Waals surface area contributed by atoms with Crippen molar-refractivity contribution in [1.82, 2.24) is 0 Å². The van der Waals surface area contributed by atoms with E-state index in [1.165, 1.54) is 0 Å². The molecule has 0 aliphatic carbocycles. The lowest BCUT2D eigenvalue weighted by molar-refractivity contribution is -0.0985. The van der Waals surface area contributed by atoms with Gasteiger partial charge in [0, 0.05) is 0 Å². The van der Waals surface area contributed by atoms with Gasteiger partial charge in [-0.1, -0.05) is 38.1 Å². The lowest BCUT2D eigenvalue weighted by Crippen LogP contribution is -2.18. The zero-order valence-electron chi connectivity index (χ0n) is 11.0. The molecule has 18 heavy (non-hydrogen) atoms. The molecule has 3 nitrogen and oxygen atoms in total. The summed E-state index contributed by atoms with van der Waals surface area (Å²) < 4.78 is 10.5. The molecule has 0 aliphatic heterocycles. The van der Waals surface area contributed by atoms with E-state index < -0.39 is 6.29 Å². The minimum Gasteiger partial charge on any atom is -0.432 e. The highest BCUT2D eigenvalue weighted by Gasteiger charge is 2.11. The Bertz CT molecular complexity index is 381. The highest BCUT2D eigenvalue weighted by atomic mass is 16.7. The maximum absolute atomic E-state index is 11.8. The van der Waals surface area contributed by atoms with Gasteiger partial charge in [-0.25, -0.2) is 4.79 Å². The van der Waals surface area contributed by atoms with Gasteiger partial charge in [-0.15, -0.1) is 0 Å². The Morgan fingerprint density at radius 3 is 2.61 bits per heavy atom. The lowest BCUT2D eigenvalue weighted by atomic mass is 10.1. The van der Waals surface area contributed by atoms with E-state index in [4.69, 9.17) is 9.47 Å². The van der Waals surface area contributed by atoms with Crippen LogP contribution < -0.4 is 0 Å². The summed E-state index contributed by atoms with van der Waals surface area (Å²) in [4.78, 5) is 11.8. The molecule has 0 aliphatic rings. The van der Waals surface area contributed by atoms with Crippen molar-refractivity contribution in [2.45, 2.75) is 33.0 Å². The van der Waals surface area contributed by atoms with E-state index in [0.29, 0.717) is 12.2 Å². The van der Waals surface area contributed by atoms with Gasteiger partial charge >= 0.3 is 5.97 Å². The Morgan fingerprint density at radius 1 is 1.39 bits per heavy atom. The summed E-state index contributed by atoms with van der Waals surface area (Å²) in [5.41, 5.74) is 1.49. The fourth-order valence-electron chi connectivity index (χ4n) is 1.40. The number of benzene rings is 1. The Kier molecular flexibility index (Phi) is 6.15. The summed E-state index contributed by atoms with van der Waals surface area (Å²) in [5, 5.41) is 0. The molecule has 0 N–H and O–H groups in total. The first-order valence-corrected chi connectivity index (χ1v) is 6.22. The van der Waals surface area contributed by atoms with Crippen LogP contribution in [0.25, 0.3) is 6.08 Å². The third-order valence-corrected chi connectivity index (χ3v) is 2.51. The molecule has 0 saturated carbocycles.